The predicted molar refractivity (Wildman–Crippen MR) is 133 cm³/mol. The second-order valence-electron chi connectivity index (χ2n) is 7.23. The van der Waals surface area contributed by atoms with Crippen molar-refractivity contribution in [3.05, 3.63) is 121 Å². The second kappa shape index (κ2) is 11.3. The number of phenols is 1. The van der Waals surface area contributed by atoms with Gasteiger partial charge in [-0.15, -0.1) is 0 Å². The Morgan fingerprint density at radius 3 is 1.13 bits per heavy atom. The quantitative estimate of drug-likeness (QED) is 0.375. The van der Waals surface area contributed by atoms with E-state index in [-0.39, 0.29) is 0 Å². The van der Waals surface area contributed by atoms with Crippen LogP contribution in [-0.4, -0.2) is 11.3 Å². The van der Waals surface area contributed by atoms with E-state index in [4.69, 9.17) is 5.11 Å². The summed E-state index contributed by atoms with van der Waals surface area (Å²) >= 11 is 0. The maximum atomic E-state index is 8.63. The van der Waals surface area contributed by atoms with E-state index in [1.807, 2.05) is 6.07 Å². The molecular weight excluding hydrogens is 383 g/mol. The van der Waals surface area contributed by atoms with E-state index < -0.39 is 7.26 Å². The SMILES string of the molecule is CCCC[P+](c1ccccc1)(c1ccccc1)c1ccccc1.Oc1ccccc1. The number of aromatic hydroxyl groups is 1. The van der Waals surface area contributed by atoms with Gasteiger partial charge in [0.2, 0.25) is 0 Å². The number of hydrogen-bond acceptors (Lipinski definition) is 1. The lowest BCUT2D eigenvalue weighted by Crippen LogP contribution is -2.33. The molecule has 1 nitrogen and oxygen atoms in total. The molecule has 0 aliphatic carbocycles. The van der Waals surface area contributed by atoms with Gasteiger partial charge in [0.05, 0.1) is 6.16 Å². The summed E-state index contributed by atoms with van der Waals surface area (Å²) in [6, 6.07) is 42.1. The number of phenolic OH excluding ortho intramolecular Hbond substituents is 1. The first-order valence-electron chi connectivity index (χ1n) is 10.6. The molecule has 0 radical (unpaired) electrons. The van der Waals surface area contributed by atoms with Crippen LogP contribution in [-0.2, 0) is 0 Å². The molecule has 0 saturated heterocycles. The molecule has 0 fully saturated rings. The normalized spacial score (nSPS) is 10.7. The molecule has 0 spiro atoms. The van der Waals surface area contributed by atoms with E-state index in [1.165, 1.54) is 34.9 Å². The minimum absolute atomic E-state index is 0.322. The van der Waals surface area contributed by atoms with E-state index in [2.05, 4.69) is 97.9 Å². The zero-order chi connectivity index (χ0) is 21.1. The summed E-state index contributed by atoms with van der Waals surface area (Å²) in [5.41, 5.74) is 0. The van der Waals surface area contributed by atoms with Crippen LogP contribution >= 0.6 is 7.26 Å². The van der Waals surface area contributed by atoms with Gasteiger partial charge >= 0.3 is 0 Å². The van der Waals surface area contributed by atoms with Gasteiger partial charge < -0.3 is 5.11 Å². The van der Waals surface area contributed by atoms with E-state index in [0.29, 0.717) is 5.75 Å². The van der Waals surface area contributed by atoms with E-state index in [1.54, 1.807) is 24.3 Å². The first kappa shape index (κ1) is 21.8. The molecule has 1 N–H and O–H groups in total. The summed E-state index contributed by atoms with van der Waals surface area (Å²) in [7, 11) is -1.57. The molecule has 4 rings (SSSR count). The van der Waals surface area contributed by atoms with Gasteiger partial charge in [0.1, 0.15) is 28.9 Å². The lowest BCUT2D eigenvalue weighted by atomic mass is 10.3. The largest absolute Gasteiger partial charge is 0.508 e. The van der Waals surface area contributed by atoms with Gasteiger partial charge in [0, 0.05) is 0 Å². The molecular formula is C28H30OP+. The average Bonchev–Trinajstić information content (AvgIpc) is 2.83. The first-order valence-corrected chi connectivity index (χ1v) is 12.5. The monoisotopic (exact) mass is 413 g/mol. The zero-order valence-corrected chi connectivity index (χ0v) is 18.5. The summed E-state index contributed by atoms with van der Waals surface area (Å²) in [5, 5.41) is 13.1. The number of hydrogen-bond donors (Lipinski definition) is 1. The zero-order valence-electron chi connectivity index (χ0n) is 17.6. The standard InChI is InChI=1S/C22H24P.C6H6O/c1-2-3-19-23(20-13-7-4-8-14-20,21-15-9-5-10-16-21)22-17-11-6-12-18-22;7-6-4-2-1-3-5-6/h4-18H,2-3,19H2,1H3;1-5,7H/q+1;. The average molecular weight is 414 g/mol. The highest BCUT2D eigenvalue weighted by molar-refractivity contribution is 7.95. The Labute approximate surface area is 181 Å². The highest BCUT2D eigenvalue weighted by Crippen LogP contribution is 2.55. The van der Waals surface area contributed by atoms with E-state index in [9.17, 15) is 0 Å². The molecule has 0 aliphatic heterocycles. The highest BCUT2D eigenvalue weighted by Gasteiger charge is 2.44. The van der Waals surface area contributed by atoms with Crippen molar-refractivity contribution < 1.29 is 5.11 Å². The topological polar surface area (TPSA) is 20.2 Å². The van der Waals surface area contributed by atoms with Crippen molar-refractivity contribution in [1.29, 1.82) is 0 Å². The molecule has 0 saturated carbocycles. The number of para-hydroxylation sites is 1. The third-order valence-electron chi connectivity index (χ3n) is 5.19. The van der Waals surface area contributed by atoms with Gasteiger partial charge in [0.25, 0.3) is 0 Å². The predicted octanol–water partition coefficient (Wildman–Crippen LogP) is 6.17. The number of rotatable bonds is 6. The molecule has 0 atom stereocenters. The fraction of sp³-hybridized carbons (Fsp3) is 0.143. The Morgan fingerprint density at radius 1 is 0.533 bits per heavy atom. The van der Waals surface area contributed by atoms with Crippen LogP contribution in [0.5, 0.6) is 5.75 Å². The van der Waals surface area contributed by atoms with Crippen molar-refractivity contribution in [2.45, 2.75) is 19.8 Å². The summed E-state index contributed by atoms with van der Waals surface area (Å²) in [5.74, 6) is 0.322. The van der Waals surface area contributed by atoms with Crippen LogP contribution in [0.2, 0.25) is 0 Å². The van der Waals surface area contributed by atoms with Crippen LogP contribution in [0, 0.1) is 0 Å². The summed E-state index contributed by atoms with van der Waals surface area (Å²) in [4.78, 5) is 0. The molecule has 152 valence electrons. The van der Waals surface area contributed by atoms with Gasteiger partial charge in [-0.3, -0.25) is 0 Å². The lowest BCUT2D eigenvalue weighted by molar-refractivity contribution is 0.475. The Hall–Kier alpha value is -2.89. The molecule has 0 bridgehead atoms. The van der Waals surface area contributed by atoms with Crippen molar-refractivity contribution in [1.82, 2.24) is 0 Å². The second-order valence-corrected chi connectivity index (χ2v) is 10.8. The van der Waals surface area contributed by atoms with E-state index >= 15 is 0 Å². The molecule has 4 aromatic rings. The number of benzene rings is 4. The van der Waals surface area contributed by atoms with Crippen LogP contribution in [0.3, 0.4) is 0 Å². The Bertz CT molecular complexity index is 873. The van der Waals surface area contributed by atoms with Crippen LogP contribution in [0.4, 0.5) is 0 Å². The molecule has 30 heavy (non-hydrogen) atoms. The van der Waals surface area contributed by atoms with Crippen molar-refractivity contribution in [3.63, 3.8) is 0 Å². The molecule has 0 unspecified atom stereocenters. The maximum absolute atomic E-state index is 8.63. The summed E-state index contributed by atoms with van der Waals surface area (Å²) < 4.78 is 0. The Morgan fingerprint density at radius 2 is 0.867 bits per heavy atom. The third kappa shape index (κ3) is 5.38. The van der Waals surface area contributed by atoms with Crippen LogP contribution in [0.1, 0.15) is 19.8 Å². The van der Waals surface area contributed by atoms with Gasteiger partial charge in [0.15, 0.2) is 0 Å². The molecule has 0 amide bonds. The maximum Gasteiger partial charge on any atom is 0.115 e. The van der Waals surface area contributed by atoms with Crippen molar-refractivity contribution >= 4 is 23.2 Å². The highest BCUT2D eigenvalue weighted by atomic mass is 31.2. The molecule has 0 aromatic heterocycles. The van der Waals surface area contributed by atoms with Crippen molar-refractivity contribution in [2.75, 3.05) is 6.16 Å². The van der Waals surface area contributed by atoms with E-state index in [0.717, 1.165) is 0 Å². The minimum atomic E-state index is -1.57. The first-order chi connectivity index (χ1) is 14.8. The molecule has 0 aliphatic rings. The third-order valence-corrected chi connectivity index (χ3v) is 9.72. The smallest absolute Gasteiger partial charge is 0.115 e. The Balaban J connectivity index is 0.000000310. The van der Waals surface area contributed by atoms with Crippen LogP contribution < -0.4 is 15.9 Å². The Kier molecular flexibility index (Phi) is 8.24. The summed E-state index contributed by atoms with van der Waals surface area (Å²) in [6.45, 7) is 2.29. The fourth-order valence-electron chi connectivity index (χ4n) is 3.71. The van der Waals surface area contributed by atoms with Gasteiger partial charge in [-0.2, -0.15) is 0 Å². The fourth-order valence-corrected chi connectivity index (χ4v) is 8.21. The number of unbranched alkanes of at least 4 members (excludes halogenated alkanes) is 1. The van der Waals surface area contributed by atoms with Gasteiger partial charge in [-0.1, -0.05) is 86.1 Å². The molecule has 4 aromatic carbocycles. The van der Waals surface area contributed by atoms with Crippen LogP contribution in [0.15, 0.2) is 121 Å². The lowest BCUT2D eigenvalue weighted by Gasteiger charge is -2.27. The van der Waals surface area contributed by atoms with Crippen molar-refractivity contribution in [3.8, 4) is 5.75 Å². The molecule has 0 heterocycles. The molecule has 2 heteroatoms. The summed E-state index contributed by atoms with van der Waals surface area (Å²) in [6.07, 6.45) is 3.72. The van der Waals surface area contributed by atoms with Gasteiger partial charge in [-0.25, -0.2) is 0 Å². The van der Waals surface area contributed by atoms with Gasteiger partial charge in [-0.05, 0) is 55.0 Å². The van der Waals surface area contributed by atoms with Crippen LogP contribution in [0.25, 0.3) is 0 Å². The minimum Gasteiger partial charge on any atom is -0.508 e. The van der Waals surface area contributed by atoms with Crippen molar-refractivity contribution in [2.24, 2.45) is 0 Å².